The second kappa shape index (κ2) is 8.84. The molecular weight excluding hydrogens is 276 g/mol. The van der Waals surface area contributed by atoms with Crippen molar-refractivity contribution < 1.29 is 14.6 Å². The van der Waals surface area contributed by atoms with Crippen LogP contribution in [0.2, 0.25) is 0 Å². The molecule has 6 heteroatoms. The lowest BCUT2D eigenvalue weighted by Gasteiger charge is -2.21. The van der Waals surface area contributed by atoms with E-state index < -0.39 is 0 Å². The Hall–Kier alpha value is -1.24. The van der Waals surface area contributed by atoms with Crippen LogP contribution in [0.15, 0.2) is 24.3 Å². The van der Waals surface area contributed by atoms with Crippen molar-refractivity contribution in [1.29, 1.82) is 0 Å². The van der Waals surface area contributed by atoms with Crippen LogP contribution in [0.1, 0.15) is 6.92 Å². The number of carbonyl (C=O) groups excluding carboxylic acids is 1. The monoisotopic (exact) mass is 298 g/mol. The molecule has 2 unspecified atom stereocenters. The maximum absolute atomic E-state index is 11.8. The van der Waals surface area contributed by atoms with Crippen LogP contribution in [0.25, 0.3) is 0 Å². The van der Waals surface area contributed by atoms with Gasteiger partial charge in [0.1, 0.15) is 5.75 Å². The van der Waals surface area contributed by atoms with Crippen LogP contribution in [-0.4, -0.2) is 48.8 Å². The van der Waals surface area contributed by atoms with Gasteiger partial charge in [-0.15, -0.1) is 0 Å². The van der Waals surface area contributed by atoms with Gasteiger partial charge >= 0.3 is 0 Å². The minimum Gasteiger partial charge on any atom is -0.497 e. The third kappa shape index (κ3) is 5.40. The zero-order valence-electron chi connectivity index (χ0n) is 12.1. The predicted molar refractivity (Wildman–Crippen MR) is 83.5 cm³/mol. The van der Waals surface area contributed by atoms with E-state index in [-0.39, 0.29) is 30.4 Å². The van der Waals surface area contributed by atoms with Crippen LogP contribution < -0.4 is 15.4 Å². The summed E-state index contributed by atoms with van der Waals surface area (Å²) in [5.41, 5.74) is 0.730. The average molecular weight is 298 g/mol. The predicted octanol–water partition coefficient (Wildman–Crippen LogP) is 1.34. The highest BCUT2D eigenvalue weighted by atomic mass is 32.2. The maximum atomic E-state index is 11.8. The Morgan fingerprint density at radius 2 is 2.05 bits per heavy atom. The number of amides is 1. The van der Waals surface area contributed by atoms with Gasteiger partial charge in [-0.1, -0.05) is 0 Å². The highest BCUT2D eigenvalue weighted by Crippen LogP contribution is 2.15. The van der Waals surface area contributed by atoms with E-state index in [2.05, 4.69) is 10.6 Å². The quantitative estimate of drug-likeness (QED) is 0.675. The molecule has 0 spiro atoms. The average Bonchev–Trinajstić information content (AvgIpc) is 2.47. The number of hydrogen-bond acceptors (Lipinski definition) is 5. The summed E-state index contributed by atoms with van der Waals surface area (Å²) in [6.45, 7) is 2.26. The first-order valence-corrected chi connectivity index (χ1v) is 7.70. The number of aliphatic hydroxyl groups is 1. The van der Waals surface area contributed by atoms with Crippen molar-refractivity contribution >= 4 is 23.4 Å². The third-order valence-corrected chi connectivity index (χ3v) is 4.16. The summed E-state index contributed by atoms with van der Waals surface area (Å²) in [7, 11) is 1.60. The maximum Gasteiger partial charge on any atom is 0.238 e. The normalized spacial score (nSPS) is 13.6. The van der Waals surface area contributed by atoms with Crippen LogP contribution in [-0.2, 0) is 4.79 Å². The lowest BCUT2D eigenvalue weighted by molar-refractivity contribution is -0.115. The van der Waals surface area contributed by atoms with E-state index in [9.17, 15) is 9.90 Å². The van der Waals surface area contributed by atoms with Gasteiger partial charge in [0.25, 0.3) is 0 Å². The Morgan fingerprint density at radius 1 is 1.40 bits per heavy atom. The number of nitrogens with one attached hydrogen (secondary N) is 2. The van der Waals surface area contributed by atoms with Crippen LogP contribution in [0.3, 0.4) is 0 Å². The largest absolute Gasteiger partial charge is 0.497 e. The SMILES string of the molecule is COc1ccc(NC(=O)CNC(C)C(CO)SC)cc1. The molecule has 0 radical (unpaired) electrons. The van der Waals surface area contributed by atoms with Gasteiger partial charge in [-0.25, -0.2) is 0 Å². The molecule has 1 aromatic carbocycles. The fourth-order valence-electron chi connectivity index (χ4n) is 1.70. The molecule has 0 saturated heterocycles. The molecule has 0 aliphatic rings. The molecule has 0 bridgehead atoms. The van der Waals surface area contributed by atoms with Gasteiger partial charge < -0.3 is 20.5 Å². The Balaban J connectivity index is 2.39. The summed E-state index contributed by atoms with van der Waals surface area (Å²) < 4.78 is 5.05. The molecule has 1 rings (SSSR count). The zero-order chi connectivity index (χ0) is 15.0. The number of methoxy groups -OCH3 is 1. The van der Waals surface area contributed by atoms with E-state index in [0.29, 0.717) is 0 Å². The van der Waals surface area contributed by atoms with Crippen molar-refractivity contribution in [2.45, 2.75) is 18.2 Å². The first-order chi connectivity index (χ1) is 9.60. The van der Waals surface area contributed by atoms with Crippen LogP contribution in [0.4, 0.5) is 5.69 Å². The van der Waals surface area contributed by atoms with E-state index in [0.717, 1.165) is 11.4 Å². The summed E-state index contributed by atoms with van der Waals surface area (Å²) in [5.74, 6) is 0.639. The van der Waals surface area contributed by atoms with Crippen LogP contribution in [0.5, 0.6) is 5.75 Å². The van der Waals surface area contributed by atoms with Gasteiger partial charge in [-0.3, -0.25) is 4.79 Å². The summed E-state index contributed by atoms with van der Waals surface area (Å²) in [4.78, 5) is 11.8. The Kier molecular flexibility index (Phi) is 7.43. The van der Waals surface area contributed by atoms with E-state index >= 15 is 0 Å². The molecule has 0 aliphatic heterocycles. The van der Waals surface area contributed by atoms with Crippen LogP contribution in [0, 0.1) is 0 Å². The molecular formula is C14H22N2O3S. The highest BCUT2D eigenvalue weighted by molar-refractivity contribution is 7.99. The number of thioether (sulfide) groups is 1. The second-order valence-electron chi connectivity index (χ2n) is 4.40. The molecule has 2 atom stereocenters. The van der Waals surface area contributed by atoms with Gasteiger partial charge in [-0.05, 0) is 37.4 Å². The molecule has 0 fully saturated rings. The Morgan fingerprint density at radius 3 is 2.55 bits per heavy atom. The molecule has 112 valence electrons. The molecule has 0 saturated carbocycles. The van der Waals surface area contributed by atoms with Crippen molar-refractivity contribution in [2.24, 2.45) is 0 Å². The number of rotatable bonds is 8. The minimum absolute atomic E-state index is 0.0663. The van der Waals surface area contributed by atoms with Gasteiger partial charge in [0.05, 0.1) is 20.3 Å². The smallest absolute Gasteiger partial charge is 0.238 e. The van der Waals surface area contributed by atoms with Crippen molar-refractivity contribution in [1.82, 2.24) is 5.32 Å². The summed E-state index contributed by atoms with van der Waals surface area (Å²) >= 11 is 1.58. The van der Waals surface area contributed by atoms with Crippen molar-refractivity contribution in [3.63, 3.8) is 0 Å². The first kappa shape index (κ1) is 16.8. The Bertz CT molecular complexity index is 407. The summed E-state index contributed by atoms with van der Waals surface area (Å²) in [6.07, 6.45) is 1.94. The van der Waals surface area contributed by atoms with E-state index in [1.165, 1.54) is 0 Å². The van der Waals surface area contributed by atoms with Crippen LogP contribution >= 0.6 is 11.8 Å². The minimum atomic E-state index is -0.111. The van der Waals surface area contributed by atoms with Gasteiger partial charge in [0.2, 0.25) is 5.91 Å². The van der Waals surface area contributed by atoms with Crippen molar-refractivity contribution in [2.75, 3.05) is 31.8 Å². The number of hydrogen-bond donors (Lipinski definition) is 3. The molecule has 0 aromatic heterocycles. The van der Waals surface area contributed by atoms with Gasteiger partial charge in [0.15, 0.2) is 0 Å². The number of anilines is 1. The lowest BCUT2D eigenvalue weighted by atomic mass is 10.2. The summed E-state index contributed by atoms with van der Waals surface area (Å²) in [6, 6.07) is 7.23. The van der Waals surface area contributed by atoms with E-state index in [1.807, 2.05) is 13.2 Å². The van der Waals surface area contributed by atoms with Crippen molar-refractivity contribution in [3.8, 4) is 5.75 Å². The number of carbonyl (C=O) groups is 1. The molecule has 20 heavy (non-hydrogen) atoms. The topological polar surface area (TPSA) is 70.6 Å². The second-order valence-corrected chi connectivity index (χ2v) is 5.48. The fraction of sp³-hybridized carbons (Fsp3) is 0.500. The molecule has 1 aromatic rings. The number of benzene rings is 1. The number of aliphatic hydroxyl groups excluding tert-OH is 1. The van der Waals surface area contributed by atoms with Crippen molar-refractivity contribution in [3.05, 3.63) is 24.3 Å². The number of ether oxygens (including phenoxy) is 1. The highest BCUT2D eigenvalue weighted by Gasteiger charge is 2.15. The standard InChI is InChI=1S/C14H22N2O3S/c1-10(13(9-17)20-3)15-8-14(18)16-11-4-6-12(19-2)7-5-11/h4-7,10,13,15,17H,8-9H2,1-3H3,(H,16,18). The molecule has 0 aliphatic carbocycles. The lowest BCUT2D eigenvalue weighted by Crippen LogP contribution is -2.41. The molecule has 0 heterocycles. The van der Waals surface area contributed by atoms with E-state index in [1.54, 1.807) is 43.1 Å². The van der Waals surface area contributed by atoms with Gasteiger partial charge in [-0.2, -0.15) is 11.8 Å². The van der Waals surface area contributed by atoms with E-state index in [4.69, 9.17) is 4.74 Å². The molecule has 1 amide bonds. The Labute approximate surface area is 124 Å². The molecule has 3 N–H and O–H groups in total. The molecule has 5 nitrogen and oxygen atoms in total. The summed E-state index contributed by atoms with van der Waals surface area (Å²) in [5, 5.41) is 15.2. The van der Waals surface area contributed by atoms with Gasteiger partial charge in [0, 0.05) is 17.0 Å². The first-order valence-electron chi connectivity index (χ1n) is 6.41. The third-order valence-electron chi connectivity index (χ3n) is 3.00. The fourth-order valence-corrected chi connectivity index (χ4v) is 2.35. The zero-order valence-corrected chi connectivity index (χ0v) is 12.9.